The Morgan fingerprint density at radius 2 is 1.86 bits per heavy atom. The molecular weight excluding hydrogens is 272 g/mol. The fraction of sp³-hybridized carbons (Fsp3) is 0.500. The molecule has 1 aromatic rings. The molecule has 0 aromatic heterocycles. The highest BCUT2D eigenvalue weighted by Crippen LogP contribution is 2.23. The summed E-state index contributed by atoms with van der Waals surface area (Å²) in [5.41, 5.74) is 1.29. The maximum Gasteiger partial charge on any atom is 0.273 e. The molecule has 0 atom stereocenters. The van der Waals surface area contributed by atoms with E-state index in [0.717, 1.165) is 0 Å². The van der Waals surface area contributed by atoms with E-state index in [2.05, 4.69) is 10.6 Å². The first kappa shape index (κ1) is 16.7. The van der Waals surface area contributed by atoms with Gasteiger partial charge in [-0.15, -0.1) is 0 Å². The number of anilines is 2. The minimum Gasteiger partial charge on any atom is -0.388 e. The fourth-order valence-electron chi connectivity index (χ4n) is 2.01. The summed E-state index contributed by atoms with van der Waals surface area (Å²) in [6, 6.07) is 4.70. The van der Waals surface area contributed by atoms with Crippen molar-refractivity contribution in [3.05, 3.63) is 28.3 Å². The molecular formula is C14H22N4O3. The van der Waals surface area contributed by atoms with Gasteiger partial charge in [0, 0.05) is 56.6 Å². The summed E-state index contributed by atoms with van der Waals surface area (Å²) in [7, 11) is 1.70. The number of nitro benzene ring substituents is 1. The van der Waals surface area contributed by atoms with Crippen molar-refractivity contribution in [1.82, 2.24) is 4.90 Å². The van der Waals surface area contributed by atoms with Gasteiger partial charge in [-0.2, -0.15) is 0 Å². The van der Waals surface area contributed by atoms with E-state index in [1.807, 2.05) is 13.8 Å². The number of hydrogen-bond donors (Lipinski definition) is 2. The van der Waals surface area contributed by atoms with Crippen LogP contribution in [0.1, 0.15) is 20.3 Å². The van der Waals surface area contributed by atoms with Gasteiger partial charge in [0.2, 0.25) is 5.91 Å². The molecule has 7 nitrogen and oxygen atoms in total. The van der Waals surface area contributed by atoms with Gasteiger partial charge >= 0.3 is 0 Å². The minimum absolute atomic E-state index is 0.0134. The zero-order chi connectivity index (χ0) is 15.8. The van der Waals surface area contributed by atoms with Crippen LogP contribution in [0.4, 0.5) is 17.1 Å². The van der Waals surface area contributed by atoms with Crippen LogP contribution in [0.3, 0.4) is 0 Å². The Balaban J connectivity index is 2.65. The average Bonchev–Trinajstić information content (AvgIpc) is 2.48. The summed E-state index contributed by atoms with van der Waals surface area (Å²) in [6.45, 7) is 5.70. The van der Waals surface area contributed by atoms with Crippen LogP contribution in [0.5, 0.6) is 0 Å². The van der Waals surface area contributed by atoms with Gasteiger partial charge in [0.05, 0.1) is 4.92 Å². The molecule has 0 fully saturated rings. The van der Waals surface area contributed by atoms with E-state index in [1.54, 1.807) is 18.0 Å². The third kappa shape index (κ3) is 4.94. The number of rotatable bonds is 8. The molecule has 0 spiro atoms. The zero-order valence-electron chi connectivity index (χ0n) is 12.7. The first-order chi connectivity index (χ1) is 10.0. The van der Waals surface area contributed by atoms with Crippen molar-refractivity contribution in [3.63, 3.8) is 0 Å². The maximum atomic E-state index is 11.9. The number of benzene rings is 1. The van der Waals surface area contributed by atoms with Crippen LogP contribution in [0.15, 0.2) is 18.2 Å². The summed E-state index contributed by atoms with van der Waals surface area (Å²) < 4.78 is 0. The Morgan fingerprint density at radius 1 is 1.24 bits per heavy atom. The van der Waals surface area contributed by atoms with Crippen molar-refractivity contribution in [2.45, 2.75) is 20.3 Å². The van der Waals surface area contributed by atoms with E-state index in [9.17, 15) is 14.9 Å². The molecule has 0 unspecified atom stereocenters. The van der Waals surface area contributed by atoms with Crippen LogP contribution < -0.4 is 10.6 Å². The van der Waals surface area contributed by atoms with Crippen LogP contribution in [0.2, 0.25) is 0 Å². The molecule has 0 aliphatic rings. The largest absolute Gasteiger partial charge is 0.388 e. The second-order valence-electron chi connectivity index (χ2n) is 4.52. The van der Waals surface area contributed by atoms with Crippen molar-refractivity contribution in [1.29, 1.82) is 0 Å². The second kappa shape index (κ2) is 8.08. The first-order valence-electron chi connectivity index (χ1n) is 7.00. The van der Waals surface area contributed by atoms with E-state index >= 15 is 0 Å². The van der Waals surface area contributed by atoms with Crippen LogP contribution in [0.25, 0.3) is 0 Å². The lowest BCUT2D eigenvalue weighted by Crippen LogP contribution is -2.31. The average molecular weight is 294 g/mol. The minimum atomic E-state index is -0.437. The lowest BCUT2D eigenvalue weighted by Gasteiger charge is -2.18. The number of nitrogens with one attached hydrogen (secondary N) is 2. The summed E-state index contributed by atoms with van der Waals surface area (Å²) in [5.74, 6) is 0.0757. The fourth-order valence-corrected chi connectivity index (χ4v) is 2.01. The smallest absolute Gasteiger partial charge is 0.273 e. The number of carbonyl (C=O) groups excluding carboxylic acids is 1. The summed E-state index contributed by atoms with van der Waals surface area (Å²) >= 11 is 0. The Bertz CT molecular complexity index is 501. The van der Waals surface area contributed by atoms with E-state index < -0.39 is 4.92 Å². The molecule has 0 saturated heterocycles. The predicted molar refractivity (Wildman–Crippen MR) is 83.7 cm³/mol. The third-order valence-electron chi connectivity index (χ3n) is 3.20. The molecule has 0 bridgehead atoms. The lowest BCUT2D eigenvalue weighted by atomic mass is 10.2. The molecule has 7 heteroatoms. The van der Waals surface area contributed by atoms with Gasteiger partial charge in [0.25, 0.3) is 5.69 Å². The van der Waals surface area contributed by atoms with Crippen molar-refractivity contribution in [2.75, 3.05) is 37.3 Å². The van der Waals surface area contributed by atoms with Gasteiger partial charge in [0.15, 0.2) is 0 Å². The molecule has 0 radical (unpaired) electrons. The van der Waals surface area contributed by atoms with Crippen molar-refractivity contribution in [2.24, 2.45) is 0 Å². The monoisotopic (exact) mass is 294 g/mol. The highest BCUT2D eigenvalue weighted by molar-refractivity contribution is 5.76. The Labute approximate surface area is 124 Å². The molecule has 0 saturated carbocycles. The van der Waals surface area contributed by atoms with Gasteiger partial charge in [-0.05, 0) is 19.9 Å². The Kier molecular flexibility index (Phi) is 6.45. The topological polar surface area (TPSA) is 87.5 Å². The van der Waals surface area contributed by atoms with Gasteiger partial charge in [0.1, 0.15) is 0 Å². The number of non-ortho nitro benzene ring substituents is 1. The normalized spacial score (nSPS) is 10.0. The number of hydrogen-bond acceptors (Lipinski definition) is 5. The van der Waals surface area contributed by atoms with E-state index in [1.165, 1.54) is 12.1 Å². The van der Waals surface area contributed by atoms with Crippen molar-refractivity contribution < 1.29 is 9.72 Å². The SMILES string of the molecule is CCN(CC)C(=O)CCNc1cc(NC)cc([N+](=O)[O-])c1. The van der Waals surface area contributed by atoms with Crippen molar-refractivity contribution >= 4 is 23.0 Å². The van der Waals surface area contributed by atoms with Gasteiger partial charge in [-0.25, -0.2) is 0 Å². The zero-order valence-corrected chi connectivity index (χ0v) is 12.7. The quantitative estimate of drug-likeness (QED) is 0.567. The van der Waals surface area contributed by atoms with Gasteiger partial charge in [-0.1, -0.05) is 0 Å². The number of carbonyl (C=O) groups is 1. The summed E-state index contributed by atoms with van der Waals surface area (Å²) in [5, 5.41) is 16.8. The Hall–Kier alpha value is -2.31. The number of amides is 1. The highest BCUT2D eigenvalue weighted by atomic mass is 16.6. The molecule has 21 heavy (non-hydrogen) atoms. The second-order valence-corrected chi connectivity index (χ2v) is 4.52. The van der Waals surface area contributed by atoms with E-state index in [0.29, 0.717) is 37.4 Å². The third-order valence-corrected chi connectivity index (χ3v) is 3.20. The summed E-state index contributed by atoms with van der Waals surface area (Å²) in [6.07, 6.45) is 0.360. The molecule has 2 N–H and O–H groups in total. The van der Waals surface area contributed by atoms with Gasteiger partial charge in [-0.3, -0.25) is 14.9 Å². The molecule has 1 amide bonds. The van der Waals surface area contributed by atoms with Crippen LogP contribution in [-0.2, 0) is 4.79 Å². The van der Waals surface area contributed by atoms with Crippen LogP contribution >= 0.6 is 0 Å². The molecule has 1 aromatic carbocycles. The number of nitrogens with zero attached hydrogens (tertiary/aromatic N) is 2. The number of nitro groups is 1. The van der Waals surface area contributed by atoms with E-state index in [-0.39, 0.29) is 11.6 Å². The molecule has 0 heterocycles. The van der Waals surface area contributed by atoms with Crippen LogP contribution in [0, 0.1) is 10.1 Å². The molecule has 1 rings (SSSR count). The molecule has 116 valence electrons. The standard InChI is InChI=1S/C14H22N4O3/c1-4-17(5-2)14(19)6-7-16-12-8-11(15-3)9-13(10-12)18(20)21/h8-10,15-16H,4-7H2,1-3H3. The van der Waals surface area contributed by atoms with E-state index in [4.69, 9.17) is 0 Å². The lowest BCUT2D eigenvalue weighted by molar-refractivity contribution is -0.384. The first-order valence-corrected chi connectivity index (χ1v) is 7.00. The predicted octanol–water partition coefficient (Wildman–Crippen LogP) is 2.31. The highest BCUT2D eigenvalue weighted by Gasteiger charge is 2.11. The maximum absolute atomic E-state index is 11.9. The van der Waals surface area contributed by atoms with Gasteiger partial charge < -0.3 is 15.5 Å². The summed E-state index contributed by atoms with van der Waals surface area (Å²) in [4.78, 5) is 24.0. The van der Waals surface area contributed by atoms with Crippen molar-refractivity contribution in [3.8, 4) is 0 Å². The molecule has 0 aliphatic carbocycles. The molecule has 0 aliphatic heterocycles. The van der Waals surface area contributed by atoms with Crippen LogP contribution in [-0.4, -0.2) is 42.4 Å². The Morgan fingerprint density at radius 3 is 2.38 bits per heavy atom.